The monoisotopic (exact) mass is 337 g/mol. The van der Waals surface area contributed by atoms with E-state index in [-0.39, 0.29) is 18.3 Å². The lowest BCUT2D eigenvalue weighted by atomic mass is 10.0. The predicted octanol–water partition coefficient (Wildman–Crippen LogP) is 0.836. The minimum atomic E-state index is -0.870. The quantitative estimate of drug-likeness (QED) is 0.617. The second-order valence-corrected chi connectivity index (χ2v) is 6.72. The molecule has 24 heavy (non-hydrogen) atoms. The Morgan fingerprint density at radius 2 is 2.08 bits per heavy atom. The highest BCUT2D eigenvalue weighted by Crippen LogP contribution is 2.17. The number of aromatic hydroxyl groups is 1. The number of hydrogen-bond donors (Lipinski definition) is 4. The first kappa shape index (κ1) is 18.5. The Hall–Kier alpha value is -1.83. The van der Waals surface area contributed by atoms with Crippen LogP contribution in [-0.2, 0) is 4.74 Å². The summed E-state index contributed by atoms with van der Waals surface area (Å²) in [4.78, 5) is 14.3. The second-order valence-electron chi connectivity index (χ2n) is 6.72. The van der Waals surface area contributed by atoms with Crippen molar-refractivity contribution in [1.29, 1.82) is 0 Å². The lowest BCUT2D eigenvalue weighted by Gasteiger charge is -2.35. The van der Waals surface area contributed by atoms with Crippen molar-refractivity contribution in [1.82, 2.24) is 15.5 Å². The smallest absolute Gasteiger partial charge is 0.315 e. The van der Waals surface area contributed by atoms with Crippen molar-refractivity contribution >= 4 is 6.03 Å². The van der Waals surface area contributed by atoms with Crippen molar-refractivity contribution < 1.29 is 19.7 Å². The molecule has 1 aliphatic heterocycles. The fourth-order valence-electron chi connectivity index (χ4n) is 2.75. The Labute approximate surface area is 142 Å². The zero-order valence-electron chi connectivity index (χ0n) is 14.3. The van der Waals surface area contributed by atoms with Crippen LogP contribution in [0.25, 0.3) is 0 Å². The summed E-state index contributed by atoms with van der Waals surface area (Å²) in [6.07, 6.45) is -0.870. The SMILES string of the molecule is CC(C)(CN1CCOCC1)NC(=O)NCC(O)c1cccc(O)c1. The first-order chi connectivity index (χ1) is 11.4. The molecule has 0 spiro atoms. The highest BCUT2D eigenvalue weighted by molar-refractivity contribution is 5.74. The third-order valence-corrected chi connectivity index (χ3v) is 3.89. The first-order valence-corrected chi connectivity index (χ1v) is 8.19. The van der Waals surface area contributed by atoms with Crippen LogP contribution in [0.2, 0.25) is 0 Å². The lowest BCUT2D eigenvalue weighted by Crippen LogP contribution is -2.56. The van der Waals surface area contributed by atoms with Crippen molar-refractivity contribution in [2.75, 3.05) is 39.4 Å². The number of rotatable bonds is 6. The van der Waals surface area contributed by atoms with E-state index in [0.717, 1.165) is 32.8 Å². The summed E-state index contributed by atoms with van der Waals surface area (Å²) in [5, 5.41) is 25.1. The second kappa shape index (κ2) is 8.32. The highest BCUT2D eigenvalue weighted by atomic mass is 16.5. The lowest BCUT2D eigenvalue weighted by molar-refractivity contribution is 0.0280. The number of phenols is 1. The number of phenolic OH excluding ortho intramolecular Hbond substituents is 1. The largest absolute Gasteiger partial charge is 0.508 e. The molecule has 1 fully saturated rings. The van der Waals surface area contributed by atoms with E-state index in [4.69, 9.17) is 4.74 Å². The summed E-state index contributed by atoms with van der Waals surface area (Å²) in [5.41, 5.74) is 0.167. The van der Waals surface area contributed by atoms with Crippen molar-refractivity contribution in [3.63, 3.8) is 0 Å². The van der Waals surface area contributed by atoms with Gasteiger partial charge in [-0.15, -0.1) is 0 Å². The van der Waals surface area contributed by atoms with Crippen LogP contribution in [0.15, 0.2) is 24.3 Å². The molecule has 4 N–H and O–H groups in total. The molecule has 1 saturated heterocycles. The minimum absolute atomic E-state index is 0.0723. The number of carbonyl (C=O) groups is 1. The van der Waals surface area contributed by atoms with E-state index in [0.29, 0.717) is 5.56 Å². The number of nitrogens with one attached hydrogen (secondary N) is 2. The van der Waals surface area contributed by atoms with Crippen LogP contribution in [-0.4, -0.2) is 66.1 Å². The van der Waals surface area contributed by atoms with E-state index < -0.39 is 11.6 Å². The van der Waals surface area contributed by atoms with E-state index in [1.54, 1.807) is 12.1 Å². The van der Waals surface area contributed by atoms with Crippen molar-refractivity contribution in [2.45, 2.75) is 25.5 Å². The van der Waals surface area contributed by atoms with Gasteiger partial charge in [-0.3, -0.25) is 4.90 Å². The third-order valence-electron chi connectivity index (χ3n) is 3.89. The van der Waals surface area contributed by atoms with Crippen LogP contribution >= 0.6 is 0 Å². The number of aliphatic hydroxyl groups is 1. The Morgan fingerprint density at radius 3 is 2.75 bits per heavy atom. The van der Waals surface area contributed by atoms with Crippen LogP contribution in [0.1, 0.15) is 25.5 Å². The zero-order chi connectivity index (χ0) is 17.6. The maximum atomic E-state index is 12.1. The van der Waals surface area contributed by atoms with Crippen LogP contribution in [0.4, 0.5) is 4.79 Å². The minimum Gasteiger partial charge on any atom is -0.508 e. The van der Waals surface area contributed by atoms with Gasteiger partial charge in [0.05, 0.1) is 19.3 Å². The van der Waals surface area contributed by atoms with Gasteiger partial charge < -0.3 is 25.6 Å². The van der Waals surface area contributed by atoms with E-state index >= 15 is 0 Å². The maximum Gasteiger partial charge on any atom is 0.315 e. The molecule has 0 radical (unpaired) electrons. The summed E-state index contributed by atoms with van der Waals surface area (Å²) >= 11 is 0. The van der Waals surface area contributed by atoms with Crippen LogP contribution < -0.4 is 10.6 Å². The molecule has 2 rings (SSSR count). The van der Waals surface area contributed by atoms with Crippen LogP contribution in [0.5, 0.6) is 5.75 Å². The number of morpholine rings is 1. The molecule has 0 aromatic heterocycles. The van der Waals surface area contributed by atoms with Gasteiger partial charge in [0.25, 0.3) is 0 Å². The average molecular weight is 337 g/mol. The molecule has 0 aliphatic carbocycles. The van der Waals surface area contributed by atoms with Gasteiger partial charge in [-0.25, -0.2) is 4.79 Å². The Morgan fingerprint density at radius 1 is 1.38 bits per heavy atom. The molecule has 7 nitrogen and oxygen atoms in total. The maximum absolute atomic E-state index is 12.1. The summed E-state index contributed by atoms with van der Waals surface area (Å²) in [6.45, 7) is 7.91. The number of carbonyl (C=O) groups excluding carboxylic acids is 1. The zero-order valence-corrected chi connectivity index (χ0v) is 14.3. The van der Waals surface area contributed by atoms with E-state index in [1.807, 2.05) is 13.8 Å². The van der Waals surface area contributed by atoms with Gasteiger partial charge >= 0.3 is 6.03 Å². The summed E-state index contributed by atoms with van der Waals surface area (Å²) in [6, 6.07) is 6.04. The van der Waals surface area contributed by atoms with Gasteiger partial charge in [0, 0.05) is 31.7 Å². The summed E-state index contributed by atoms with van der Waals surface area (Å²) in [7, 11) is 0. The summed E-state index contributed by atoms with van der Waals surface area (Å²) in [5.74, 6) is 0.0858. The van der Waals surface area contributed by atoms with Gasteiger partial charge in [-0.1, -0.05) is 12.1 Å². The molecule has 7 heteroatoms. The van der Waals surface area contributed by atoms with Gasteiger partial charge in [-0.05, 0) is 31.5 Å². The Kier molecular flexibility index (Phi) is 6.42. The predicted molar refractivity (Wildman–Crippen MR) is 90.9 cm³/mol. The Balaban J connectivity index is 1.77. The van der Waals surface area contributed by atoms with E-state index in [9.17, 15) is 15.0 Å². The number of hydrogen-bond acceptors (Lipinski definition) is 5. The standard InChI is InChI=1S/C17H27N3O4/c1-17(2,12-20-6-8-24-9-7-20)19-16(23)18-11-15(22)13-4-3-5-14(21)10-13/h3-5,10,15,21-22H,6-9,11-12H2,1-2H3,(H2,18,19,23). The number of aliphatic hydroxyl groups excluding tert-OH is 1. The van der Waals surface area contributed by atoms with Crippen molar-refractivity contribution in [2.24, 2.45) is 0 Å². The molecule has 1 heterocycles. The highest BCUT2D eigenvalue weighted by Gasteiger charge is 2.25. The van der Waals surface area contributed by atoms with Gasteiger partial charge in [0.2, 0.25) is 0 Å². The first-order valence-electron chi connectivity index (χ1n) is 8.19. The molecule has 0 saturated carbocycles. The molecule has 1 aromatic rings. The molecule has 1 unspecified atom stereocenters. The Bertz CT molecular complexity index is 544. The van der Waals surface area contributed by atoms with Gasteiger partial charge in [0.1, 0.15) is 5.75 Å². The molecule has 1 aromatic carbocycles. The fraction of sp³-hybridized carbons (Fsp3) is 0.588. The normalized spacial score (nSPS) is 17.3. The van der Waals surface area contributed by atoms with E-state index in [1.165, 1.54) is 12.1 Å². The van der Waals surface area contributed by atoms with E-state index in [2.05, 4.69) is 15.5 Å². The van der Waals surface area contributed by atoms with Crippen molar-refractivity contribution in [3.05, 3.63) is 29.8 Å². The fourth-order valence-corrected chi connectivity index (χ4v) is 2.75. The van der Waals surface area contributed by atoms with Crippen LogP contribution in [0.3, 0.4) is 0 Å². The number of urea groups is 1. The summed E-state index contributed by atoms with van der Waals surface area (Å²) < 4.78 is 5.32. The molecular weight excluding hydrogens is 310 g/mol. The molecular formula is C17H27N3O4. The van der Waals surface area contributed by atoms with Crippen LogP contribution in [0, 0.1) is 0 Å². The number of benzene rings is 1. The van der Waals surface area contributed by atoms with Crippen molar-refractivity contribution in [3.8, 4) is 5.75 Å². The molecule has 134 valence electrons. The molecule has 1 aliphatic rings. The topological polar surface area (TPSA) is 94.1 Å². The van der Waals surface area contributed by atoms with Gasteiger partial charge in [-0.2, -0.15) is 0 Å². The third kappa shape index (κ3) is 5.99. The number of ether oxygens (including phenoxy) is 1. The number of nitrogens with zero attached hydrogens (tertiary/aromatic N) is 1. The number of amides is 2. The molecule has 0 bridgehead atoms. The molecule has 1 atom stereocenters. The van der Waals surface area contributed by atoms with Gasteiger partial charge in [0.15, 0.2) is 0 Å². The average Bonchev–Trinajstić information content (AvgIpc) is 2.52. The molecule has 2 amide bonds.